The number of alkyl halides is 6. The molecule has 2 N–H and O–H groups in total. The third kappa shape index (κ3) is 8.93. The van der Waals surface area contributed by atoms with Crippen molar-refractivity contribution >= 4 is 29.2 Å². The third-order valence-corrected chi connectivity index (χ3v) is 6.52. The zero-order valence-corrected chi connectivity index (χ0v) is 20.7. The van der Waals surface area contributed by atoms with Crippen molar-refractivity contribution in [3.05, 3.63) is 46.2 Å². The number of hydrogen-bond donors (Lipinski definition) is 2. The van der Waals surface area contributed by atoms with Crippen molar-refractivity contribution in [2.45, 2.75) is 45.2 Å². The standard InChI is InChI=1S/C18H22N4OS.2C2HF3O2/c1-14-20-16(12-24-14)11-22-9-5-18(17(22)23)4-8-21(13-18)10-15-2-6-19-7-3-15;2*3-2(4,5)1(6)7/h2-3,6-7,12H,4-5,8-11,13H2,1H3;2*(H,6,7). The minimum Gasteiger partial charge on any atom is -0.475 e. The summed E-state index contributed by atoms with van der Waals surface area (Å²) in [5.41, 5.74) is 2.12. The number of carboxylic acids is 2. The van der Waals surface area contributed by atoms with Gasteiger partial charge in [0.2, 0.25) is 5.91 Å². The predicted molar refractivity (Wildman–Crippen MR) is 121 cm³/mol. The van der Waals surface area contributed by atoms with E-state index in [2.05, 4.69) is 32.4 Å². The van der Waals surface area contributed by atoms with Gasteiger partial charge in [0.05, 0.1) is 22.7 Å². The van der Waals surface area contributed by atoms with Crippen molar-refractivity contribution in [1.82, 2.24) is 19.8 Å². The molecule has 16 heteroatoms. The Balaban J connectivity index is 0.000000301. The first-order valence-electron chi connectivity index (χ1n) is 11.0. The van der Waals surface area contributed by atoms with Crippen LogP contribution in [0, 0.1) is 12.3 Å². The van der Waals surface area contributed by atoms with E-state index in [1.165, 1.54) is 5.56 Å². The van der Waals surface area contributed by atoms with Crippen LogP contribution in [-0.4, -0.2) is 79.8 Å². The Bertz CT molecular complexity index is 1090. The van der Waals surface area contributed by atoms with Crippen LogP contribution >= 0.6 is 11.3 Å². The van der Waals surface area contributed by atoms with Gasteiger partial charge in [0.25, 0.3) is 0 Å². The number of hydrogen-bond acceptors (Lipinski definition) is 7. The van der Waals surface area contributed by atoms with Gasteiger partial charge in [-0.1, -0.05) is 0 Å². The van der Waals surface area contributed by atoms with Crippen molar-refractivity contribution in [2.75, 3.05) is 19.6 Å². The topological polar surface area (TPSA) is 124 Å². The summed E-state index contributed by atoms with van der Waals surface area (Å²) in [6, 6.07) is 4.11. The van der Waals surface area contributed by atoms with Crippen LogP contribution in [0.1, 0.15) is 29.1 Å². The molecule has 9 nitrogen and oxygen atoms in total. The monoisotopic (exact) mass is 570 g/mol. The first-order valence-corrected chi connectivity index (χ1v) is 11.8. The molecule has 2 aliphatic rings. The van der Waals surface area contributed by atoms with E-state index in [1.807, 2.05) is 24.2 Å². The third-order valence-electron chi connectivity index (χ3n) is 5.69. The van der Waals surface area contributed by atoms with Crippen molar-refractivity contribution in [1.29, 1.82) is 0 Å². The van der Waals surface area contributed by atoms with Gasteiger partial charge in [-0.15, -0.1) is 11.3 Å². The Morgan fingerprint density at radius 2 is 1.53 bits per heavy atom. The minimum absolute atomic E-state index is 0.169. The number of pyridine rings is 1. The van der Waals surface area contributed by atoms with Gasteiger partial charge in [-0.2, -0.15) is 26.3 Å². The number of likely N-dealkylation sites (tertiary alicyclic amines) is 2. The number of amides is 1. The maximum absolute atomic E-state index is 13.0. The fourth-order valence-corrected chi connectivity index (χ4v) is 4.54. The molecule has 4 heterocycles. The summed E-state index contributed by atoms with van der Waals surface area (Å²) >= 11 is 1.65. The van der Waals surface area contributed by atoms with Gasteiger partial charge >= 0.3 is 24.3 Å². The zero-order valence-electron chi connectivity index (χ0n) is 19.9. The largest absolute Gasteiger partial charge is 0.490 e. The number of carbonyl (C=O) groups is 3. The zero-order chi connectivity index (χ0) is 28.7. The lowest BCUT2D eigenvalue weighted by Crippen LogP contribution is -2.36. The number of thiazole rings is 1. The molecule has 1 spiro atoms. The van der Waals surface area contributed by atoms with Crippen molar-refractivity contribution in [2.24, 2.45) is 5.41 Å². The second-order valence-corrected chi connectivity index (χ2v) is 9.60. The molecule has 1 unspecified atom stereocenters. The van der Waals surface area contributed by atoms with Gasteiger partial charge in [0.15, 0.2) is 0 Å². The maximum Gasteiger partial charge on any atom is 0.490 e. The molecule has 2 aromatic rings. The lowest BCUT2D eigenvalue weighted by Gasteiger charge is -2.23. The Labute approximate surface area is 216 Å². The first-order chi connectivity index (χ1) is 17.5. The first kappa shape index (κ1) is 31.0. The lowest BCUT2D eigenvalue weighted by atomic mass is 9.85. The van der Waals surface area contributed by atoms with Crippen LogP contribution in [0.15, 0.2) is 29.9 Å². The van der Waals surface area contributed by atoms with Crippen molar-refractivity contribution in [3.8, 4) is 0 Å². The summed E-state index contributed by atoms with van der Waals surface area (Å²) < 4.78 is 63.5. The van der Waals surface area contributed by atoms with E-state index in [0.29, 0.717) is 12.5 Å². The van der Waals surface area contributed by atoms with E-state index >= 15 is 0 Å². The highest BCUT2D eigenvalue weighted by molar-refractivity contribution is 7.09. The van der Waals surface area contributed by atoms with Gasteiger partial charge in [-0.25, -0.2) is 14.6 Å². The molecule has 2 fully saturated rings. The number of halogens is 6. The predicted octanol–water partition coefficient (Wildman–Crippen LogP) is 3.74. The molecule has 2 aromatic heterocycles. The Kier molecular flexibility index (Phi) is 10.2. The molecule has 2 saturated heterocycles. The molecule has 0 radical (unpaired) electrons. The second-order valence-electron chi connectivity index (χ2n) is 8.54. The van der Waals surface area contributed by atoms with Gasteiger partial charge in [-0.05, 0) is 44.0 Å². The summed E-state index contributed by atoms with van der Waals surface area (Å²) in [6.07, 6.45) is -4.55. The summed E-state index contributed by atoms with van der Waals surface area (Å²) in [4.78, 5) is 43.8. The van der Waals surface area contributed by atoms with Gasteiger partial charge < -0.3 is 15.1 Å². The lowest BCUT2D eigenvalue weighted by molar-refractivity contribution is -0.193. The average Bonchev–Trinajstić information content (AvgIpc) is 3.50. The number of nitrogens with zero attached hydrogens (tertiary/aromatic N) is 4. The Hall–Kier alpha value is -3.27. The summed E-state index contributed by atoms with van der Waals surface area (Å²) in [5.74, 6) is -5.19. The van der Waals surface area contributed by atoms with Crippen LogP contribution in [0.5, 0.6) is 0 Å². The van der Waals surface area contributed by atoms with Crippen LogP contribution in [0.4, 0.5) is 26.3 Å². The van der Waals surface area contributed by atoms with E-state index < -0.39 is 24.3 Å². The number of aryl methyl sites for hydroxylation is 1. The Morgan fingerprint density at radius 3 is 2.00 bits per heavy atom. The summed E-state index contributed by atoms with van der Waals surface area (Å²) in [7, 11) is 0. The molecular weight excluding hydrogens is 546 g/mol. The highest BCUT2D eigenvalue weighted by Crippen LogP contribution is 2.41. The molecule has 0 bridgehead atoms. The fraction of sp³-hybridized carbons (Fsp3) is 0.500. The maximum atomic E-state index is 13.0. The summed E-state index contributed by atoms with van der Waals surface area (Å²) in [5, 5.41) is 17.4. The number of aromatic nitrogens is 2. The van der Waals surface area contributed by atoms with E-state index in [4.69, 9.17) is 19.8 Å². The van der Waals surface area contributed by atoms with Gasteiger partial charge in [-0.3, -0.25) is 14.7 Å². The summed E-state index contributed by atoms with van der Waals surface area (Å²) in [6.45, 7) is 6.31. The Morgan fingerprint density at radius 1 is 1.00 bits per heavy atom. The van der Waals surface area contributed by atoms with Crippen LogP contribution in [0.2, 0.25) is 0 Å². The van der Waals surface area contributed by atoms with Crippen LogP contribution in [0.25, 0.3) is 0 Å². The van der Waals surface area contributed by atoms with Crippen molar-refractivity contribution < 1.29 is 50.9 Å². The number of rotatable bonds is 4. The van der Waals surface area contributed by atoms with Gasteiger partial charge in [0, 0.05) is 37.4 Å². The van der Waals surface area contributed by atoms with Crippen LogP contribution in [-0.2, 0) is 27.5 Å². The van der Waals surface area contributed by atoms with Gasteiger partial charge in [0.1, 0.15) is 0 Å². The molecule has 2 aliphatic heterocycles. The highest BCUT2D eigenvalue weighted by atomic mass is 32.1. The number of carboxylic acid groups (broad SMARTS) is 2. The molecule has 4 rings (SSSR count). The highest BCUT2D eigenvalue weighted by Gasteiger charge is 2.50. The smallest absolute Gasteiger partial charge is 0.475 e. The quantitative estimate of drug-likeness (QED) is 0.533. The van der Waals surface area contributed by atoms with E-state index in [0.717, 1.165) is 49.7 Å². The van der Waals surface area contributed by atoms with Crippen LogP contribution < -0.4 is 0 Å². The van der Waals surface area contributed by atoms with E-state index in [9.17, 15) is 31.1 Å². The molecule has 1 atom stereocenters. The molecule has 1 amide bonds. The normalized spacial score (nSPS) is 19.6. The van der Waals surface area contributed by atoms with Crippen molar-refractivity contribution in [3.63, 3.8) is 0 Å². The second kappa shape index (κ2) is 12.5. The van der Waals surface area contributed by atoms with Crippen LogP contribution in [0.3, 0.4) is 0 Å². The molecule has 210 valence electrons. The molecule has 38 heavy (non-hydrogen) atoms. The van der Waals surface area contributed by atoms with E-state index in [-0.39, 0.29) is 5.41 Å². The fourth-order valence-electron chi connectivity index (χ4n) is 3.94. The molecule has 0 aliphatic carbocycles. The van der Waals surface area contributed by atoms with E-state index in [1.54, 1.807) is 11.3 Å². The minimum atomic E-state index is -5.08. The number of aliphatic carboxylic acids is 2. The molecule has 0 saturated carbocycles. The molecular formula is C22H24F6N4O5S. The number of carbonyl (C=O) groups excluding carboxylic acids is 1. The SMILES string of the molecule is Cc1nc(CN2CCC3(CCN(Cc4ccncc4)C3)C2=O)cs1.O=C(O)C(F)(F)F.O=C(O)C(F)(F)F. The molecule has 0 aromatic carbocycles. The average molecular weight is 571 g/mol.